The Balaban J connectivity index is 2.26. The van der Waals surface area contributed by atoms with Gasteiger partial charge in [0.25, 0.3) is 11.8 Å². The largest absolute Gasteiger partial charge is 0.395 e. The van der Waals surface area contributed by atoms with Gasteiger partial charge in [-0.1, -0.05) is 41.6 Å². The molecular formula is C30H43N3O5. The average Bonchev–Trinajstić information content (AvgIpc) is 2.86. The number of rotatable bonds is 12. The van der Waals surface area contributed by atoms with E-state index in [-0.39, 0.29) is 44.5 Å². The second kappa shape index (κ2) is 13.6. The first-order valence-corrected chi connectivity index (χ1v) is 13.2. The molecule has 0 saturated heterocycles. The van der Waals surface area contributed by atoms with E-state index in [9.17, 15) is 24.7 Å². The Labute approximate surface area is 226 Å². The van der Waals surface area contributed by atoms with E-state index < -0.39 is 17.1 Å². The number of carbonyl (C=O) groups excluding carboxylic acids is 2. The van der Waals surface area contributed by atoms with Crippen LogP contribution < -0.4 is 0 Å². The van der Waals surface area contributed by atoms with Crippen molar-refractivity contribution >= 4 is 11.8 Å². The number of nitroso groups, excluding NO2 is 1. The fraction of sp³-hybridized carbons (Fsp3) is 0.533. The summed E-state index contributed by atoms with van der Waals surface area (Å²) in [6.45, 7) is 11.7. The van der Waals surface area contributed by atoms with Gasteiger partial charge in [0.05, 0.1) is 19.3 Å². The summed E-state index contributed by atoms with van der Waals surface area (Å²) in [4.78, 5) is 42.0. The van der Waals surface area contributed by atoms with Crippen LogP contribution in [0.1, 0.15) is 79.8 Å². The maximum absolute atomic E-state index is 13.4. The third kappa shape index (κ3) is 8.20. The van der Waals surface area contributed by atoms with Gasteiger partial charge < -0.3 is 20.0 Å². The molecule has 0 aliphatic heterocycles. The van der Waals surface area contributed by atoms with Gasteiger partial charge in [-0.2, -0.15) is 4.91 Å². The lowest BCUT2D eigenvalue weighted by molar-refractivity contribution is 0.0518. The lowest BCUT2D eigenvalue weighted by Crippen LogP contribution is -2.47. The van der Waals surface area contributed by atoms with Crippen LogP contribution in [0.15, 0.2) is 53.7 Å². The molecule has 2 N–H and O–H groups in total. The molecule has 2 aromatic carbocycles. The number of benzene rings is 2. The summed E-state index contributed by atoms with van der Waals surface area (Å²) in [6, 6.07) is 13.9. The average molecular weight is 526 g/mol. The van der Waals surface area contributed by atoms with Gasteiger partial charge in [0.2, 0.25) is 0 Å². The van der Waals surface area contributed by atoms with Gasteiger partial charge in [-0.05, 0) is 84.1 Å². The molecule has 0 aliphatic carbocycles. The zero-order chi connectivity index (χ0) is 28.5. The van der Waals surface area contributed by atoms with Crippen LogP contribution in [0.5, 0.6) is 0 Å². The molecule has 0 heterocycles. The highest BCUT2D eigenvalue weighted by Crippen LogP contribution is 2.24. The standard InChI is InChI=1S/C30H43N3O5/c1-29(2,3)32(17-19-34)27(36)25-13-9-7-11-22(25)15-16-24(31-38)21-23-12-8-10-14-26(23)28(37)33(18-20-35)30(4,5)6/h7-14,24,34-35H,15-21H2,1-6H3. The van der Waals surface area contributed by atoms with Gasteiger partial charge in [-0.15, -0.1) is 0 Å². The van der Waals surface area contributed by atoms with E-state index >= 15 is 0 Å². The molecule has 0 saturated carbocycles. The van der Waals surface area contributed by atoms with Crippen molar-refractivity contribution in [3.8, 4) is 0 Å². The third-order valence-electron chi connectivity index (χ3n) is 6.60. The second-order valence-corrected chi connectivity index (χ2v) is 11.5. The van der Waals surface area contributed by atoms with Crippen molar-refractivity contribution in [1.29, 1.82) is 0 Å². The van der Waals surface area contributed by atoms with Gasteiger partial charge in [-0.3, -0.25) is 9.59 Å². The maximum Gasteiger partial charge on any atom is 0.254 e. The Morgan fingerprint density at radius 2 is 1.18 bits per heavy atom. The molecule has 2 aromatic rings. The van der Waals surface area contributed by atoms with Gasteiger partial charge >= 0.3 is 0 Å². The van der Waals surface area contributed by atoms with Crippen molar-refractivity contribution in [1.82, 2.24) is 9.80 Å². The van der Waals surface area contributed by atoms with E-state index in [1.165, 1.54) is 0 Å². The van der Waals surface area contributed by atoms with Crippen LogP contribution in [0.25, 0.3) is 0 Å². The van der Waals surface area contributed by atoms with Crippen molar-refractivity contribution in [3.05, 3.63) is 75.7 Å². The normalized spacial score (nSPS) is 12.6. The van der Waals surface area contributed by atoms with Crippen molar-refractivity contribution in [2.45, 2.75) is 77.9 Å². The lowest BCUT2D eigenvalue weighted by Gasteiger charge is -2.36. The van der Waals surface area contributed by atoms with Crippen LogP contribution in [0, 0.1) is 4.91 Å². The Kier molecular flexibility index (Phi) is 11.2. The van der Waals surface area contributed by atoms with Gasteiger partial charge in [-0.25, -0.2) is 0 Å². The van der Waals surface area contributed by atoms with Crippen molar-refractivity contribution in [2.24, 2.45) is 5.18 Å². The van der Waals surface area contributed by atoms with Crippen LogP contribution in [0.3, 0.4) is 0 Å². The first-order chi connectivity index (χ1) is 17.8. The number of nitrogens with zero attached hydrogens (tertiary/aromatic N) is 3. The van der Waals surface area contributed by atoms with E-state index in [4.69, 9.17) is 0 Å². The van der Waals surface area contributed by atoms with Gasteiger partial charge in [0, 0.05) is 35.3 Å². The summed E-state index contributed by atoms with van der Waals surface area (Å²) in [7, 11) is 0. The number of hydrogen-bond acceptors (Lipinski definition) is 6. The molecule has 1 atom stereocenters. The zero-order valence-electron chi connectivity index (χ0n) is 23.6. The van der Waals surface area contributed by atoms with Gasteiger partial charge in [0.15, 0.2) is 0 Å². The van der Waals surface area contributed by atoms with Crippen LogP contribution in [-0.2, 0) is 12.8 Å². The molecule has 0 fully saturated rings. The Hall–Kier alpha value is -3.10. The summed E-state index contributed by atoms with van der Waals surface area (Å²) in [5.41, 5.74) is 1.62. The number of aliphatic hydroxyl groups is 2. The highest BCUT2D eigenvalue weighted by atomic mass is 16.3. The van der Waals surface area contributed by atoms with E-state index in [1.807, 2.05) is 65.8 Å². The zero-order valence-corrected chi connectivity index (χ0v) is 23.6. The fourth-order valence-electron chi connectivity index (χ4n) is 4.60. The molecule has 8 nitrogen and oxygen atoms in total. The Morgan fingerprint density at radius 1 is 0.763 bits per heavy atom. The topological polar surface area (TPSA) is 111 Å². The molecule has 208 valence electrons. The predicted molar refractivity (Wildman–Crippen MR) is 150 cm³/mol. The summed E-state index contributed by atoms with van der Waals surface area (Å²) in [5, 5.41) is 22.4. The van der Waals surface area contributed by atoms with Crippen LogP contribution >= 0.6 is 0 Å². The molecule has 0 spiro atoms. The SMILES string of the molecule is CC(C)(C)N(CCO)C(=O)c1ccccc1CCC(Cc1ccccc1C(=O)N(CCO)C(C)(C)C)N=O. The molecule has 1 unspecified atom stereocenters. The van der Waals surface area contributed by atoms with Crippen molar-refractivity contribution in [3.63, 3.8) is 0 Å². The van der Waals surface area contributed by atoms with Crippen LogP contribution in [0.2, 0.25) is 0 Å². The molecule has 2 rings (SSSR count). The van der Waals surface area contributed by atoms with Crippen molar-refractivity contribution in [2.75, 3.05) is 26.3 Å². The monoisotopic (exact) mass is 525 g/mol. The van der Waals surface area contributed by atoms with E-state index in [1.54, 1.807) is 34.1 Å². The van der Waals surface area contributed by atoms with Crippen LogP contribution in [-0.4, -0.2) is 75.3 Å². The first kappa shape index (κ1) is 31.1. The van der Waals surface area contributed by atoms with E-state index in [0.29, 0.717) is 24.0 Å². The van der Waals surface area contributed by atoms with E-state index in [0.717, 1.165) is 11.1 Å². The first-order valence-electron chi connectivity index (χ1n) is 13.2. The lowest BCUT2D eigenvalue weighted by atomic mass is 9.93. The number of aryl methyl sites for hydroxylation is 1. The minimum atomic E-state index is -0.593. The number of aliphatic hydroxyl groups excluding tert-OH is 2. The minimum absolute atomic E-state index is 0.134. The predicted octanol–water partition coefficient (Wildman–Crippen LogP) is 4.46. The molecule has 2 amide bonds. The highest BCUT2D eigenvalue weighted by Gasteiger charge is 2.30. The number of hydrogen-bond donors (Lipinski definition) is 2. The van der Waals surface area contributed by atoms with Crippen molar-refractivity contribution < 1.29 is 19.8 Å². The summed E-state index contributed by atoms with van der Waals surface area (Å²) >= 11 is 0. The summed E-state index contributed by atoms with van der Waals surface area (Å²) in [6.07, 6.45) is 1.16. The minimum Gasteiger partial charge on any atom is -0.395 e. The fourth-order valence-corrected chi connectivity index (χ4v) is 4.60. The number of amides is 2. The summed E-state index contributed by atoms with van der Waals surface area (Å²) < 4.78 is 0. The Morgan fingerprint density at radius 3 is 1.61 bits per heavy atom. The Bertz CT molecular complexity index is 1090. The molecule has 0 aromatic heterocycles. The quantitative estimate of drug-likeness (QED) is 0.398. The third-order valence-corrected chi connectivity index (χ3v) is 6.60. The highest BCUT2D eigenvalue weighted by molar-refractivity contribution is 5.96. The van der Waals surface area contributed by atoms with Crippen LogP contribution in [0.4, 0.5) is 0 Å². The smallest absolute Gasteiger partial charge is 0.254 e. The molecular weight excluding hydrogens is 482 g/mol. The molecule has 0 aliphatic rings. The second-order valence-electron chi connectivity index (χ2n) is 11.5. The van der Waals surface area contributed by atoms with Gasteiger partial charge in [0.1, 0.15) is 0 Å². The van der Waals surface area contributed by atoms with E-state index in [2.05, 4.69) is 5.18 Å². The summed E-state index contributed by atoms with van der Waals surface area (Å²) in [5.74, 6) is -0.367. The maximum atomic E-state index is 13.4. The molecule has 0 bridgehead atoms. The molecule has 38 heavy (non-hydrogen) atoms. The number of carbonyl (C=O) groups is 2. The number of β-amino-alcohol motifs (C(OH)–C–C–N with tert-alkyl or cyclic N) is 2. The molecule has 0 radical (unpaired) electrons. The molecule has 8 heteroatoms.